The van der Waals surface area contributed by atoms with Gasteiger partial charge in [0.15, 0.2) is 0 Å². The number of carbonyl (C=O) groups is 1. The first-order chi connectivity index (χ1) is 9.47. The van der Waals surface area contributed by atoms with E-state index in [-0.39, 0.29) is 28.9 Å². The first kappa shape index (κ1) is 14.7. The summed E-state index contributed by atoms with van der Waals surface area (Å²) in [4.78, 5) is 15.9. The van der Waals surface area contributed by atoms with Crippen LogP contribution in [0.1, 0.15) is 15.9 Å². The second kappa shape index (κ2) is 6.19. The van der Waals surface area contributed by atoms with Crippen molar-refractivity contribution in [2.24, 2.45) is 0 Å². The number of pyridine rings is 1. The Balaban J connectivity index is 2.08. The van der Waals surface area contributed by atoms with Crippen LogP contribution in [0.4, 0.5) is 10.2 Å². The van der Waals surface area contributed by atoms with Gasteiger partial charge in [-0.25, -0.2) is 9.37 Å². The molecule has 104 valence electrons. The van der Waals surface area contributed by atoms with Crippen LogP contribution in [0.3, 0.4) is 0 Å². The number of carbonyl (C=O) groups excluding carboxylic acids is 1. The lowest BCUT2D eigenvalue weighted by atomic mass is 10.2. The molecule has 7 heteroatoms. The minimum absolute atomic E-state index is 0.0142. The molecule has 20 heavy (non-hydrogen) atoms. The number of nitrogens with two attached hydrogens (primary N) is 1. The smallest absolute Gasteiger partial charge is 0.255 e. The largest absolute Gasteiger partial charge is 0.383 e. The van der Waals surface area contributed by atoms with Gasteiger partial charge in [-0.2, -0.15) is 0 Å². The topological polar surface area (TPSA) is 68.0 Å². The van der Waals surface area contributed by atoms with E-state index in [2.05, 4.69) is 26.2 Å². The van der Waals surface area contributed by atoms with E-state index in [1.54, 1.807) is 12.1 Å². The Morgan fingerprint density at radius 3 is 2.90 bits per heavy atom. The summed E-state index contributed by atoms with van der Waals surface area (Å²) in [6, 6.07) is 5.83. The molecule has 0 aliphatic carbocycles. The minimum Gasteiger partial charge on any atom is -0.383 e. The number of nitrogens with zero attached hydrogens (tertiary/aromatic N) is 1. The van der Waals surface area contributed by atoms with Gasteiger partial charge in [0.25, 0.3) is 5.91 Å². The fraction of sp³-hybridized carbons (Fsp3) is 0.0769. The highest BCUT2D eigenvalue weighted by molar-refractivity contribution is 9.10. The summed E-state index contributed by atoms with van der Waals surface area (Å²) in [5.41, 5.74) is 6.60. The number of benzene rings is 1. The van der Waals surface area contributed by atoms with Crippen LogP contribution in [-0.4, -0.2) is 10.9 Å². The third kappa shape index (κ3) is 3.46. The fourth-order valence-electron chi connectivity index (χ4n) is 1.56. The Hall–Kier alpha value is -1.66. The van der Waals surface area contributed by atoms with E-state index in [0.717, 1.165) is 0 Å². The van der Waals surface area contributed by atoms with Crippen molar-refractivity contribution < 1.29 is 9.18 Å². The number of rotatable bonds is 3. The number of aromatic nitrogens is 1. The predicted molar refractivity (Wildman–Crippen MR) is 78.9 cm³/mol. The van der Waals surface area contributed by atoms with Crippen LogP contribution < -0.4 is 11.1 Å². The highest BCUT2D eigenvalue weighted by Gasteiger charge is 2.11. The van der Waals surface area contributed by atoms with Crippen molar-refractivity contribution in [1.82, 2.24) is 10.3 Å². The summed E-state index contributed by atoms with van der Waals surface area (Å²) in [6.07, 6.45) is 1.51. The van der Waals surface area contributed by atoms with Gasteiger partial charge >= 0.3 is 0 Å². The Morgan fingerprint density at radius 1 is 1.45 bits per heavy atom. The lowest BCUT2D eigenvalue weighted by molar-refractivity contribution is 0.0951. The van der Waals surface area contributed by atoms with Gasteiger partial charge in [0, 0.05) is 17.2 Å². The summed E-state index contributed by atoms with van der Waals surface area (Å²) >= 11 is 8.89. The van der Waals surface area contributed by atoms with Gasteiger partial charge in [0.1, 0.15) is 11.6 Å². The van der Waals surface area contributed by atoms with E-state index in [9.17, 15) is 9.18 Å². The van der Waals surface area contributed by atoms with Crippen molar-refractivity contribution in [2.45, 2.75) is 6.54 Å². The highest BCUT2D eigenvalue weighted by Crippen LogP contribution is 2.17. The van der Waals surface area contributed by atoms with Gasteiger partial charge < -0.3 is 11.1 Å². The van der Waals surface area contributed by atoms with Crippen molar-refractivity contribution in [3.63, 3.8) is 0 Å². The first-order valence-electron chi connectivity index (χ1n) is 5.60. The molecule has 0 aliphatic rings. The van der Waals surface area contributed by atoms with Gasteiger partial charge in [-0.1, -0.05) is 17.7 Å². The predicted octanol–water partition coefficient (Wildman–Crippen LogP) is 3.15. The number of hydrogen-bond acceptors (Lipinski definition) is 3. The van der Waals surface area contributed by atoms with Crippen molar-refractivity contribution in [2.75, 3.05) is 5.73 Å². The molecule has 1 aromatic carbocycles. The molecule has 0 fully saturated rings. The van der Waals surface area contributed by atoms with Crippen LogP contribution >= 0.6 is 27.5 Å². The molecule has 1 aromatic heterocycles. The molecule has 0 bridgehead atoms. The van der Waals surface area contributed by atoms with Crippen molar-refractivity contribution in [1.29, 1.82) is 0 Å². The van der Waals surface area contributed by atoms with Gasteiger partial charge in [0.05, 0.1) is 10.6 Å². The van der Waals surface area contributed by atoms with Crippen LogP contribution in [0, 0.1) is 5.82 Å². The SMILES string of the molecule is Nc1ncc(Br)cc1C(=O)NCc1ccc(F)c(Cl)c1. The van der Waals surface area contributed by atoms with Crippen LogP contribution in [-0.2, 0) is 6.54 Å². The summed E-state index contributed by atoms with van der Waals surface area (Å²) in [5.74, 6) is -0.721. The standard InChI is InChI=1S/C13H10BrClFN3O/c14-8-4-9(12(17)18-6-8)13(20)19-5-7-1-2-11(16)10(15)3-7/h1-4,6H,5H2,(H2,17,18)(H,19,20). The number of nitrogen functional groups attached to an aromatic ring is 1. The van der Waals surface area contributed by atoms with Crippen LogP contribution in [0.2, 0.25) is 5.02 Å². The van der Waals surface area contributed by atoms with E-state index < -0.39 is 5.82 Å². The Kier molecular flexibility index (Phi) is 4.57. The van der Waals surface area contributed by atoms with E-state index in [1.807, 2.05) is 0 Å². The molecule has 0 aliphatic heterocycles. The molecule has 0 atom stereocenters. The quantitative estimate of drug-likeness (QED) is 0.885. The molecular weight excluding hydrogens is 349 g/mol. The number of halogens is 3. The third-order valence-corrected chi connectivity index (χ3v) is 3.29. The maximum absolute atomic E-state index is 13.0. The van der Waals surface area contributed by atoms with Crippen LogP contribution in [0.5, 0.6) is 0 Å². The third-order valence-electron chi connectivity index (χ3n) is 2.57. The summed E-state index contributed by atoms with van der Waals surface area (Å²) in [7, 11) is 0. The maximum atomic E-state index is 13.0. The molecule has 0 radical (unpaired) electrons. The zero-order chi connectivity index (χ0) is 14.7. The maximum Gasteiger partial charge on any atom is 0.255 e. The number of nitrogens with one attached hydrogen (secondary N) is 1. The van der Waals surface area contributed by atoms with Crippen molar-refractivity contribution in [3.05, 3.63) is 56.9 Å². The molecule has 0 spiro atoms. The van der Waals surface area contributed by atoms with Gasteiger partial charge in [-0.15, -0.1) is 0 Å². The van der Waals surface area contributed by atoms with E-state index in [0.29, 0.717) is 10.0 Å². The monoisotopic (exact) mass is 357 g/mol. The van der Waals surface area contributed by atoms with Crippen molar-refractivity contribution >= 4 is 39.3 Å². The highest BCUT2D eigenvalue weighted by atomic mass is 79.9. The minimum atomic E-state index is -0.498. The molecule has 2 rings (SSSR count). The summed E-state index contributed by atoms with van der Waals surface area (Å²) < 4.78 is 13.7. The molecule has 2 aromatic rings. The molecule has 3 N–H and O–H groups in total. The number of hydrogen-bond donors (Lipinski definition) is 2. The Bertz CT molecular complexity index is 666. The van der Waals surface area contributed by atoms with Gasteiger partial charge in [-0.05, 0) is 39.7 Å². The van der Waals surface area contributed by atoms with E-state index in [1.165, 1.54) is 18.3 Å². The summed E-state index contributed by atoms with van der Waals surface area (Å²) in [5, 5.41) is 2.68. The number of anilines is 1. The average molecular weight is 359 g/mol. The average Bonchev–Trinajstić information content (AvgIpc) is 2.42. The lowest BCUT2D eigenvalue weighted by Gasteiger charge is -2.08. The molecule has 0 saturated heterocycles. The van der Waals surface area contributed by atoms with Crippen LogP contribution in [0.25, 0.3) is 0 Å². The summed E-state index contributed by atoms with van der Waals surface area (Å²) in [6.45, 7) is 0.213. The van der Waals surface area contributed by atoms with Crippen LogP contribution in [0.15, 0.2) is 34.9 Å². The first-order valence-corrected chi connectivity index (χ1v) is 6.77. The Morgan fingerprint density at radius 2 is 2.20 bits per heavy atom. The molecule has 1 heterocycles. The van der Waals surface area contributed by atoms with E-state index in [4.69, 9.17) is 17.3 Å². The number of amides is 1. The zero-order valence-corrected chi connectivity index (χ0v) is 12.5. The molecule has 4 nitrogen and oxygen atoms in total. The second-order valence-corrected chi connectivity index (χ2v) is 5.34. The van der Waals surface area contributed by atoms with Gasteiger partial charge in [0.2, 0.25) is 0 Å². The zero-order valence-electron chi connectivity index (χ0n) is 10.2. The second-order valence-electron chi connectivity index (χ2n) is 4.02. The molecule has 1 amide bonds. The lowest BCUT2D eigenvalue weighted by Crippen LogP contribution is -2.24. The molecule has 0 unspecified atom stereocenters. The molecular formula is C13H10BrClFN3O. The van der Waals surface area contributed by atoms with E-state index >= 15 is 0 Å². The molecule has 0 saturated carbocycles. The van der Waals surface area contributed by atoms with Gasteiger partial charge in [-0.3, -0.25) is 4.79 Å². The fourth-order valence-corrected chi connectivity index (χ4v) is 2.09. The van der Waals surface area contributed by atoms with Crippen molar-refractivity contribution in [3.8, 4) is 0 Å². The Labute approximate surface area is 128 Å². The normalized spacial score (nSPS) is 10.3.